The number of unbranched alkanes of at least 4 members (excludes halogenated alkanes) is 1. The van der Waals surface area contributed by atoms with Gasteiger partial charge in [0.25, 0.3) is 0 Å². The molecule has 0 aliphatic heterocycles. The van der Waals surface area contributed by atoms with E-state index in [1.165, 1.54) is 0 Å². The van der Waals surface area contributed by atoms with E-state index in [-0.39, 0.29) is 5.97 Å². The average molecular weight is 223 g/mol. The Morgan fingerprint density at radius 1 is 1.55 bits per heavy atom. The normalized spacial score (nSPS) is 11.3. The molecule has 0 radical (unpaired) electrons. The molecular formula is C8H15BrO2. The summed E-state index contributed by atoms with van der Waals surface area (Å²) in [6.07, 6.45) is 2.45. The molecule has 0 aliphatic rings. The monoisotopic (exact) mass is 222 g/mol. The Morgan fingerprint density at radius 2 is 2.09 bits per heavy atom. The van der Waals surface area contributed by atoms with Crippen LogP contribution in [0.15, 0.2) is 0 Å². The third-order valence-electron chi connectivity index (χ3n) is 1.09. The number of hydrogen-bond acceptors (Lipinski definition) is 2. The summed E-state index contributed by atoms with van der Waals surface area (Å²) in [4.78, 5) is 11.0. The topological polar surface area (TPSA) is 26.3 Å². The van der Waals surface area contributed by atoms with Gasteiger partial charge < -0.3 is 4.74 Å². The van der Waals surface area contributed by atoms with Crippen LogP contribution in [0.3, 0.4) is 0 Å². The number of esters is 1. The van der Waals surface area contributed by atoms with Crippen LogP contribution in [0.1, 0.15) is 40.0 Å². The Balaban J connectivity index is 3.53. The highest BCUT2D eigenvalue weighted by molar-refractivity contribution is 9.10. The zero-order valence-electron chi connectivity index (χ0n) is 7.32. The van der Waals surface area contributed by atoms with Crippen molar-refractivity contribution in [2.24, 2.45) is 0 Å². The first-order chi connectivity index (χ1) is 4.95. The van der Waals surface area contributed by atoms with Crippen LogP contribution in [0.5, 0.6) is 0 Å². The number of alkyl halides is 1. The predicted octanol–water partition coefficient (Wildman–Crippen LogP) is 2.85. The lowest BCUT2D eigenvalue weighted by molar-refractivity contribution is -0.149. The lowest BCUT2D eigenvalue weighted by Gasteiger charge is -2.16. The molecule has 0 fully saturated rings. The van der Waals surface area contributed by atoms with E-state index < -0.39 is 4.51 Å². The largest absolute Gasteiger partial charge is 0.448 e. The van der Waals surface area contributed by atoms with Crippen molar-refractivity contribution < 1.29 is 9.53 Å². The van der Waals surface area contributed by atoms with Crippen LogP contribution in [-0.4, -0.2) is 10.5 Å². The van der Waals surface area contributed by atoms with Crippen molar-refractivity contribution in [3.05, 3.63) is 0 Å². The minimum atomic E-state index is -0.516. The first kappa shape index (κ1) is 11.0. The van der Waals surface area contributed by atoms with Crippen LogP contribution in [0.25, 0.3) is 0 Å². The second-order valence-corrected chi connectivity index (χ2v) is 4.85. The molecule has 11 heavy (non-hydrogen) atoms. The van der Waals surface area contributed by atoms with Crippen LogP contribution in [0.4, 0.5) is 0 Å². The van der Waals surface area contributed by atoms with E-state index in [2.05, 4.69) is 15.9 Å². The second-order valence-electron chi connectivity index (χ2n) is 2.94. The van der Waals surface area contributed by atoms with Gasteiger partial charge in [0.2, 0.25) is 0 Å². The van der Waals surface area contributed by atoms with Crippen LogP contribution < -0.4 is 0 Å². The molecule has 3 heteroatoms. The molecule has 0 aromatic carbocycles. The van der Waals surface area contributed by atoms with E-state index in [9.17, 15) is 4.79 Å². The molecule has 0 rings (SSSR count). The quantitative estimate of drug-likeness (QED) is 0.541. The highest BCUT2D eigenvalue weighted by Gasteiger charge is 2.17. The van der Waals surface area contributed by atoms with Gasteiger partial charge >= 0.3 is 5.97 Å². The van der Waals surface area contributed by atoms with Crippen molar-refractivity contribution in [3.63, 3.8) is 0 Å². The predicted molar refractivity (Wildman–Crippen MR) is 48.6 cm³/mol. The van der Waals surface area contributed by atoms with Crippen LogP contribution >= 0.6 is 15.9 Å². The summed E-state index contributed by atoms with van der Waals surface area (Å²) in [5.41, 5.74) is 0. The molecule has 0 unspecified atom stereocenters. The van der Waals surface area contributed by atoms with E-state index in [1.54, 1.807) is 13.8 Å². The summed E-state index contributed by atoms with van der Waals surface area (Å²) in [5.74, 6) is -0.131. The van der Waals surface area contributed by atoms with E-state index in [0.717, 1.165) is 12.8 Å². The molecule has 0 N–H and O–H groups in total. The van der Waals surface area contributed by atoms with Gasteiger partial charge in [0.05, 0.1) is 0 Å². The van der Waals surface area contributed by atoms with Gasteiger partial charge in [-0.2, -0.15) is 0 Å². The van der Waals surface area contributed by atoms with Crippen LogP contribution in [0.2, 0.25) is 0 Å². The van der Waals surface area contributed by atoms with Crippen molar-refractivity contribution in [1.29, 1.82) is 0 Å². The fraction of sp³-hybridized carbons (Fsp3) is 0.875. The summed E-state index contributed by atoms with van der Waals surface area (Å²) in [6.45, 7) is 5.65. The number of hydrogen-bond donors (Lipinski definition) is 0. The average Bonchev–Trinajstić information content (AvgIpc) is 1.79. The van der Waals surface area contributed by atoms with E-state index in [4.69, 9.17) is 4.74 Å². The molecule has 0 aromatic rings. The van der Waals surface area contributed by atoms with Crippen molar-refractivity contribution in [2.45, 2.75) is 44.5 Å². The number of carbonyl (C=O) groups excluding carboxylic acids is 1. The van der Waals surface area contributed by atoms with Crippen molar-refractivity contribution in [1.82, 2.24) is 0 Å². The van der Waals surface area contributed by atoms with Crippen molar-refractivity contribution in [3.8, 4) is 0 Å². The van der Waals surface area contributed by atoms with Crippen molar-refractivity contribution in [2.75, 3.05) is 0 Å². The lowest BCUT2D eigenvalue weighted by Crippen LogP contribution is -2.20. The van der Waals surface area contributed by atoms with Gasteiger partial charge in [-0.15, -0.1) is 0 Å². The maximum absolute atomic E-state index is 11.0. The maximum Gasteiger partial charge on any atom is 0.307 e. The molecule has 0 atom stereocenters. The Bertz CT molecular complexity index is 127. The smallest absolute Gasteiger partial charge is 0.307 e. The van der Waals surface area contributed by atoms with Gasteiger partial charge in [0, 0.05) is 6.42 Å². The Labute approximate surface area is 76.4 Å². The van der Waals surface area contributed by atoms with E-state index in [1.807, 2.05) is 6.92 Å². The number of halogens is 1. The number of carbonyl (C=O) groups is 1. The van der Waals surface area contributed by atoms with Gasteiger partial charge in [-0.25, -0.2) is 0 Å². The zero-order chi connectivity index (χ0) is 8.91. The highest BCUT2D eigenvalue weighted by atomic mass is 79.9. The standard InChI is InChI=1S/C8H15BrO2/c1-4-5-6-7(10)11-8(2,3)9/h4-6H2,1-3H3. The fourth-order valence-corrected chi connectivity index (χ4v) is 0.823. The Morgan fingerprint density at radius 3 is 2.45 bits per heavy atom. The molecule has 66 valence electrons. The zero-order valence-corrected chi connectivity index (χ0v) is 8.90. The van der Waals surface area contributed by atoms with Gasteiger partial charge in [-0.3, -0.25) is 4.79 Å². The van der Waals surface area contributed by atoms with Crippen LogP contribution in [0, 0.1) is 0 Å². The van der Waals surface area contributed by atoms with Gasteiger partial charge in [0.15, 0.2) is 4.51 Å². The minimum absolute atomic E-state index is 0.131. The van der Waals surface area contributed by atoms with Gasteiger partial charge in [-0.05, 0) is 36.2 Å². The molecule has 0 saturated carbocycles. The first-order valence-corrected chi connectivity index (χ1v) is 4.66. The van der Waals surface area contributed by atoms with Crippen LogP contribution in [-0.2, 0) is 9.53 Å². The summed E-state index contributed by atoms with van der Waals surface area (Å²) < 4.78 is 4.50. The molecule has 0 aromatic heterocycles. The molecule has 0 saturated heterocycles. The lowest BCUT2D eigenvalue weighted by atomic mass is 10.2. The maximum atomic E-state index is 11.0. The third-order valence-corrected chi connectivity index (χ3v) is 1.25. The summed E-state index contributed by atoms with van der Waals surface area (Å²) in [7, 11) is 0. The molecule has 0 spiro atoms. The Kier molecular flexibility index (Phi) is 4.73. The van der Waals surface area contributed by atoms with Crippen molar-refractivity contribution >= 4 is 21.9 Å². The second kappa shape index (κ2) is 4.75. The molecule has 0 bridgehead atoms. The third kappa shape index (κ3) is 7.85. The highest BCUT2D eigenvalue weighted by Crippen LogP contribution is 2.18. The number of ether oxygens (including phenoxy) is 1. The summed E-state index contributed by atoms with van der Waals surface area (Å²) in [5, 5.41) is 0. The SMILES string of the molecule is CCCCC(=O)OC(C)(C)Br. The molecule has 2 nitrogen and oxygen atoms in total. The molecular weight excluding hydrogens is 208 g/mol. The fourth-order valence-electron chi connectivity index (χ4n) is 0.643. The Hall–Kier alpha value is -0.0500. The molecule has 0 aliphatic carbocycles. The van der Waals surface area contributed by atoms with E-state index in [0.29, 0.717) is 6.42 Å². The first-order valence-electron chi connectivity index (χ1n) is 3.86. The van der Waals surface area contributed by atoms with Gasteiger partial charge in [-0.1, -0.05) is 13.3 Å². The molecule has 0 amide bonds. The summed E-state index contributed by atoms with van der Waals surface area (Å²) in [6, 6.07) is 0. The number of rotatable bonds is 4. The summed E-state index contributed by atoms with van der Waals surface area (Å²) >= 11 is 3.23. The van der Waals surface area contributed by atoms with E-state index >= 15 is 0 Å². The van der Waals surface area contributed by atoms with Gasteiger partial charge in [0.1, 0.15) is 0 Å². The minimum Gasteiger partial charge on any atom is -0.448 e. The molecule has 0 heterocycles.